The highest BCUT2D eigenvalue weighted by Crippen LogP contribution is 2.11. The zero-order chi connectivity index (χ0) is 15.9. The average molecular weight is 303 g/mol. The molecule has 21 heavy (non-hydrogen) atoms. The zero-order valence-corrected chi connectivity index (χ0v) is 10.9. The molecule has 3 N–H and O–H groups in total. The second-order valence-corrected chi connectivity index (χ2v) is 4.16. The Morgan fingerprint density at radius 2 is 1.86 bits per heavy atom. The number of rotatable bonds is 5. The molecule has 1 unspecified atom stereocenters. The van der Waals surface area contributed by atoms with Crippen molar-refractivity contribution in [2.45, 2.75) is 18.7 Å². The molecule has 115 valence electrons. The fraction of sp³-hybridized carbons (Fsp3) is 0.308. The van der Waals surface area contributed by atoms with Gasteiger partial charge in [0.1, 0.15) is 12.6 Å². The van der Waals surface area contributed by atoms with Crippen LogP contribution in [0.4, 0.5) is 18.0 Å². The maximum Gasteiger partial charge on any atom is 0.405 e. The summed E-state index contributed by atoms with van der Waals surface area (Å²) in [5, 5.41) is 12.6. The number of carbonyl (C=O) groups is 2. The molecular weight excluding hydrogens is 289 g/mol. The largest absolute Gasteiger partial charge is 0.405 e. The van der Waals surface area contributed by atoms with Crippen molar-refractivity contribution in [1.82, 2.24) is 10.6 Å². The van der Waals surface area contributed by atoms with Gasteiger partial charge in [-0.1, -0.05) is 30.3 Å². The van der Waals surface area contributed by atoms with Crippen LogP contribution < -0.4 is 10.6 Å². The number of hydrogen-bond acceptors (Lipinski definition) is 3. The number of benzene rings is 1. The van der Waals surface area contributed by atoms with Crippen molar-refractivity contribution >= 4 is 11.9 Å². The molecule has 8 heteroatoms. The first-order valence-electron chi connectivity index (χ1n) is 5.98. The van der Waals surface area contributed by atoms with E-state index >= 15 is 0 Å². The van der Waals surface area contributed by atoms with Crippen LogP contribution in [0.1, 0.15) is 5.56 Å². The average Bonchev–Trinajstić information content (AvgIpc) is 2.43. The van der Waals surface area contributed by atoms with E-state index in [0.29, 0.717) is 0 Å². The van der Waals surface area contributed by atoms with E-state index in [2.05, 4.69) is 0 Å². The van der Waals surface area contributed by atoms with E-state index in [1.54, 1.807) is 35.6 Å². The summed E-state index contributed by atoms with van der Waals surface area (Å²) in [6, 6.07) is 7.59. The number of imide groups is 1. The number of carbonyl (C=O) groups excluding carboxylic acids is 2. The van der Waals surface area contributed by atoms with E-state index in [1.165, 1.54) is 11.7 Å². The number of aliphatic hydroxyl groups is 1. The number of urea groups is 1. The number of alkyl halides is 3. The van der Waals surface area contributed by atoms with Crippen molar-refractivity contribution in [3.63, 3.8) is 0 Å². The van der Waals surface area contributed by atoms with E-state index in [9.17, 15) is 27.9 Å². The molecule has 1 radical (unpaired) electrons. The summed E-state index contributed by atoms with van der Waals surface area (Å²) < 4.78 is 35.5. The molecule has 0 bridgehead atoms. The molecule has 0 fully saturated rings. The van der Waals surface area contributed by atoms with Crippen molar-refractivity contribution < 1.29 is 27.9 Å². The van der Waals surface area contributed by atoms with Crippen LogP contribution in [0.5, 0.6) is 0 Å². The predicted octanol–water partition coefficient (Wildman–Crippen LogP) is 1.18. The van der Waals surface area contributed by atoms with Gasteiger partial charge in [0.15, 0.2) is 0 Å². The molecule has 0 heterocycles. The van der Waals surface area contributed by atoms with Gasteiger partial charge in [0.2, 0.25) is 0 Å². The van der Waals surface area contributed by atoms with Gasteiger partial charge < -0.3 is 10.4 Å². The molecule has 0 saturated carbocycles. The van der Waals surface area contributed by atoms with Crippen molar-refractivity contribution in [1.29, 1.82) is 0 Å². The molecule has 0 saturated heterocycles. The predicted molar refractivity (Wildman–Crippen MR) is 68.0 cm³/mol. The van der Waals surface area contributed by atoms with Gasteiger partial charge in [-0.3, -0.25) is 10.1 Å². The molecule has 5 nitrogen and oxygen atoms in total. The van der Waals surface area contributed by atoms with Gasteiger partial charge in [-0.2, -0.15) is 13.2 Å². The molecule has 1 atom stereocenters. The van der Waals surface area contributed by atoms with E-state index < -0.39 is 30.8 Å². The lowest BCUT2D eigenvalue weighted by Crippen LogP contribution is -2.46. The van der Waals surface area contributed by atoms with Gasteiger partial charge in [-0.25, -0.2) is 4.79 Å². The minimum atomic E-state index is -4.57. The highest BCUT2D eigenvalue weighted by Gasteiger charge is 2.28. The third kappa shape index (κ3) is 7.31. The Morgan fingerprint density at radius 3 is 2.43 bits per heavy atom. The van der Waals surface area contributed by atoms with Crippen molar-refractivity contribution in [3.05, 3.63) is 42.3 Å². The van der Waals surface area contributed by atoms with Crippen LogP contribution in [0.2, 0.25) is 0 Å². The van der Waals surface area contributed by atoms with E-state index in [-0.39, 0.29) is 6.42 Å². The molecule has 3 amide bonds. The molecule has 1 aromatic carbocycles. The Hall–Kier alpha value is -2.09. The van der Waals surface area contributed by atoms with Crippen LogP contribution in [0.3, 0.4) is 0 Å². The number of halogens is 3. The summed E-state index contributed by atoms with van der Waals surface area (Å²) in [5.74, 6) is -1.09. The normalized spacial score (nSPS) is 12.6. The third-order valence-electron chi connectivity index (χ3n) is 2.37. The number of hydrogen-bond donors (Lipinski definition) is 3. The molecule has 0 aliphatic heterocycles. The minimum absolute atomic E-state index is 0.277. The standard InChI is InChI=1S/C13H14F3N2O3/c14-13(15,16)8-17-12(21)18-11(20)10(19)7-6-9-4-2-1-3-5-9/h1-5,7,10,19H,6,8H2,(H2,17,18,20,21). The highest BCUT2D eigenvalue weighted by atomic mass is 19.4. The fourth-order valence-electron chi connectivity index (χ4n) is 1.38. The van der Waals surface area contributed by atoms with Gasteiger partial charge in [-0.15, -0.1) is 0 Å². The SMILES string of the molecule is O=C(NCC(F)(F)F)NC(=O)C(O)[CH]Cc1ccccc1. The Balaban J connectivity index is 2.32. The summed E-state index contributed by atoms with van der Waals surface area (Å²) >= 11 is 0. The van der Waals surface area contributed by atoms with Crippen LogP contribution in [0, 0.1) is 6.42 Å². The topological polar surface area (TPSA) is 78.4 Å². The van der Waals surface area contributed by atoms with Gasteiger partial charge in [0, 0.05) is 6.42 Å². The number of nitrogens with one attached hydrogen (secondary N) is 2. The van der Waals surface area contributed by atoms with Crippen LogP contribution in [0.25, 0.3) is 0 Å². The van der Waals surface area contributed by atoms with Crippen LogP contribution >= 0.6 is 0 Å². The first-order valence-corrected chi connectivity index (χ1v) is 5.98. The third-order valence-corrected chi connectivity index (χ3v) is 2.37. The quantitative estimate of drug-likeness (QED) is 0.764. The molecule has 0 aromatic heterocycles. The van der Waals surface area contributed by atoms with Gasteiger partial charge in [-0.05, 0) is 12.0 Å². The first-order chi connectivity index (χ1) is 9.78. The van der Waals surface area contributed by atoms with E-state index in [1.807, 2.05) is 0 Å². The molecule has 0 aliphatic carbocycles. The lowest BCUT2D eigenvalue weighted by molar-refractivity contribution is -0.128. The Morgan fingerprint density at radius 1 is 1.24 bits per heavy atom. The summed E-state index contributed by atoms with van der Waals surface area (Å²) in [6.45, 7) is -1.56. The number of amides is 3. The van der Waals surface area contributed by atoms with Crippen molar-refractivity contribution in [2.75, 3.05) is 6.54 Å². The molecular formula is C13H14F3N2O3. The molecule has 1 aromatic rings. The Kier molecular flexibility index (Phi) is 6.16. The maximum atomic E-state index is 11.8. The minimum Gasteiger partial charge on any atom is -0.383 e. The maximum absolute atomic E-state index is 11.8. The fourth-order valence-corrected chi connectivity index (χ4v) is 1.38. The molecule has 0 aliphatic rings. The second-order valence-electron chi connectivity index (χ2n) is 4.16. The lowest BCUT2D eigenvalue weighted by Gasteiger charge is -2.12. The van der Waals surface area contributed by atoms with E-state index in [4.69, 9.17) is 0 Å². The smallest absolute Gasteiger partial charge is 0.383 e. The Labute approximate surface area is 119 Å². The monoisotopic (exact) mass is 303 g/mol. The zero-order valence-electron chi connectivity index (χ0n) is 10.9. The van der Waals surface area contributed by atoms with Crippen LogP contribution in [0.15, 0.2) is 30.3 Å². The lowest BCUT2D eigenvalue weighted by atomic mass is 10.1. The summed E-state index contributed by atoms with van der Waals surface area (Å²) in [5.41, 5.74) is 0.839. The highest BCUT2D eigenvalue weighted by molar-refractivity contribution is 5.97. The van der Waals surface area contributed by atoms with Crippen LogP contribution in [-0.4, -0.2) is 35.9 Å². The van der Waals surface area contributed by atoms with Crippen molar-refractivity contribution in [3.8, 4) is 0 Å². The molecule has 1 rings (SSSR count). The summed E-state index contributed by atoms with van der Waals surface area (Å²) in [6.07, 6.45) is -4.65. The van der Waals surface area contributed by atoms with E-state index in [0.717, 1.165) is 5.56 Å². The van der Waals surface area contributed by atoms with Gasteiger partial charge in [0.05, 0.1) is 0 Å². The summed E-state index contributed by atoms with van der Waals surface area (Å²) in [4.78, 5) is 22.4. The summed E-state index contributed by atoms with van der Waals surface area (Å²) in [7, 11) is 0. The van der Waals surface area contributed by atoms with Crippen molar-refractivity contribution in [2.24, 2.45) is 0 Å². The molecule has 0 spiro atoms. The van der Waals surface area contributed by atoms with Gasteiger partial charge in [0.25, 0.3) is 5.91 Å². The van der Waals surface area contributed by atoms with Crippen LogP contribution in [-0.2, 0) is 11.2 Å². The number of aliphatic hydroxyl groups excluding tert-OH is 1. The van der Waals surface area contributed by atoms with Gasteiger partial charge >= 0.3 is 12.2 Å². The first kappa shape index (κ1) is 17.0. The second kappa shape index (κ2) is 7.63. The Bertz CT molecular complexity index is 477.